The van der Waals surface area contributed by atoms with Crippen molar-refractivity contribution < 1.29 is 9.21 Å². The Labute approximate surface area is 117 Å². The molecule has 0 unspecified atom stereocenters. The summed E-state index contributed by atoms with van der Waals surface area (Å²) >= 11 is 2.01. The van der Waals surface area contributed by atoms with Gasteiger partial charge in [-0.1, -0.05) is 13.8 Å². The maximum Gasteiger partial charge on any atom is 0.301 e. The maximum absolute atomic E-state index is 11.6. The van der Waals surface area contributed by atoms with E-state index >= 15 is 0 Å². The fraction of sp³-hybridized carbons (Fsp3) is 0.615. The zero-order valence-electron chi connectivity index (χ0n) is 11.4. The summed E-state index contributed by atoms with van der Waals surface area (Å²) in [6, 6.07) is 1.84. The lowest BCUT2D eigenvalue weighted by Gasteiger charge is -2.22. The van der Waals surface area contributed by atoms with Crippen molar-refractivity contribution >= 4 is 17.7 Å². The quantitative estimate of drug-likeness (QED) is 0.501. The second-order valence-corrected chi connectivity index (χ2v) is 7.18. The standard InChI is InChI=1S/C13H21N3O2S/c1-13(2)4-5-16(6-8-19-13)9-10-3-7-18-11(10)12(17)15-14/h3,7H,4-6,8-9,14H2,1-2H3,(H,15,17). The molecule has 2 heterocycles. The number of hydrazine groups is 1. The van der Waals surface area contributed by atoms with Crippen LogP contribution in [0.5, 0.6) is 0 Å². The van der Waals surface area contributed by atoms with E-state index in [1.807, 2.05) is 17.8 Å². The van der Waals surface area contributed by atoms with Crippen LogP contribution in [0.3, 0.4) is 0 Å². The van der Waals surface area contributed by atoms with Gasteiger partial charge in [-0.2, -0.15) is 11.8 Å². The van der Waals surface area contributed by atoms with Crippen molar-refractivity contribution in [2.75, 3.05) is 18.8 Å². The molecule has 0 bridgehead atoms. The van der Waals surface area contributed by atoms with Crippen LogP contribution in [0.2, 0.25) is 0 Å². The Hall–Kier alpha value is -0.980. The molecule has 2 rings (SSSR count). The van der Waals surface area contributed by atoms with E-state index < -0.39 is 0 Å². The molecule has 1 aromatic rings. The molecule has 0 saturated carbocycles. The molecule has 0 aromatic carbocycles. The van der Waals surface area contributed by atoms with Gasteiger partial charge in [-0.05, 0) is 19.0 Å². The largest absolute Gasteiger partial charge is 0.459 e. The van der Waals surface area contributed by atoms with Gasteiger partial charge in [0.05, 0.1) is 6.26 Å². The van der Waals surface area contributed by atoms with Crippen LogP contribution in [0, 0.1) is 0 Å². The highest BCUT2D eigenvalue weighted by Crippen LogP contribution is 2.31. The molecule has 1 aromatic heterocycles. The summed E-state index contributed by atoms with van der Waals surface area (Å²) in [5.74, 6) is 6.21. The Morgan fingerprint density at radius 3 is 3.11 bits per heavy atom. The minimum Gasteiger partial charge on any atom is -0.459 e. The highest BCUT2D eigenvalue weighted by Gasteiger charge is 2.25. The molecule has 19 heavy (non-hydrogen) atoms. The first-order valence-electron chi connectivity index (χ1n) is 6.45. The Kier molecular flexibility index (Phi) is 4.54. The number of amides is 1. The summed E-state index contributed by atoms with van der Waals surface area (Å²) < 4.78 is 5.54. The zero-order valence-corrected chi connectivity index (χ0v) is 12.3. The van der Waals surface area contributed by atoms with Gasteiger partial charge in [-0.3, -0.25) is 15.1 Å². The van der Waals surface area contributed by atoms with E-state index in [2.05, 4.69) is 24.2 Å². The average Bonchev–Trinajstić information content (AvgIpc) is 2.75. The van der Waals surface area contributed by atoms with Crippen molar-refractivity contribution in [3.63, 3.8) is 0 Å². The molecule has 0 radical (unpaired) electrons. The normalized spacial score (nSPS) is 19.9. The summed E-state index contributed by atoms with van der Waals surface area (Å²) in [7, 11) is 0. The van der Waals surface area contributed by atoms with Crippen molar-refractivity contribution in [2.24, 2.45) is 5.84 Å². The fourth-order valence-electron chi connectivity index (χ4n) is 2.19. The first-order valence-corrected chi connectivity index (χ1v) is 7.44. The van der Waals surface area contributed by atoms with Gasteiger partial charge in [-0.25, -0.2) is 5.84 Å². The summed E-state index contributed by atoms with van der Waals surface area (Å²) in [6.45, 7) is 7.37. The number of nitrogens with zero attached hydrogens (tertiary/aromatic N) is 1. The Bertz CT molecular complexity index is 445. The second kappa shape index (κ2) is 5.98. The van der Waals surface area contributed by atoms with Crippen molar-refractivity contribution in [1.82, 2.24) is 10.3 Å². The molecule has 3 N–H and O–H groups in total. The van der Waals surface area contributed by atoms with Gasteiger partial charge >= 0.3 is 5.91 Å². The first-order chi connectivity index (χ1) is 9.02. The van der Waals surface area contributed by atoms with Crippen LogP contribution in [-0.2, 0) is 6.54 Å². The smallest absolute Gasteiger partial charge is 0.301 e. The van der Waals surface area contributed by atoms with Crippen molar-refractivity contribution in [3.8, 4) is 0 Å². The number of carbonyl (C=O) groups excluding carboxylic acids is 1. The van der Waals surface area contributed by atoms with Gasteiger partial charge in [0.2, 0.25) is 0 Å². The van der Waals surface area contributed by atoms with Crippen LogP contribution < -0.4 is 11.3 Å². The number of furan rings is 1. The van der Waals surface area contributed by atoms with E-state index in [9.17, 15) is 4.79 Å². The van der Waals surface area contributed by atoms with Crippen LogP contribution in [0.1, 0.15) is 36.4 Å². The summed E-state index contributed by atoms with van der Waals surface area (Å²) in [5.41, 5.74) is 3.01. The summed E-state index contributed by atoms with van der Waals surface area (Å²) in [4.78, 5) is 13.9. The zero-order chi connectivity index (χ0) is 13.9. The van der Waals surface area contributed by atoms with Gasteiger partial charge < -0.3 is 4.42 Å². The third-order valence-corrected chi connectivity index (χ3v) is 4.78. The number of nitrogens with one attached hydrogen (secondary N) is 1. The lowest BCUT2D eigenvalue weighted by Crippen LogP contribution is -2.32. The topological polar surface area (TPSA) is 71.5 Å². The van der Waals surface area contributed by atoms with Gasteiger partial charge in [0.25, 0.3) is 0 Å². The van der Waals surface area contributed by atoms with Gasteiger partial charge in [0, 0.05) is 29.2 Å². The van der Waals surface area contributed by atoms with E-state index in [1.165, 1.54) is 6.26 Å². The molecular formula is C13H21N3O2S. The molecule has 106 valence electrons. The van der Waals surface area contributed by atoms with Gasteiger partial charge in [-0.15, -0.1) is 0 Å². The van der Waals surface area contributed by atoms with E-state index in [4.69, 9.17) is 10.3 Å². The van der Waals surface area contributed by atoms with E-state index in [0.717, 1.165) is 37.4 Å². The molecule has 0 spiro atoms. The number of nitrogen functional groups attached to an aromatic ring is 1. The molecule has 5 nitrogen and oxygen atoms in total. The molecule has 1 aliphatic heterocycles. The molecule has 1 aliphatic rings. The predicted molar refractivity (Wildman–Crippen MR) is 76.8 cm³/mol. The SMILES string of the molecule is CC1(C)CCN(Cc2ccoc2C(=O)NN)CCS1. The van der Waals surface area contributed by atoms with Crippen LogP contribution in [0.25, 0.3) is 0 Å². The van der Waals surface area contributed by atoms with Crippen LogP contribution >= 0.6 is 11.8 Å². The number of thioether (sulfide) groups is 1. The third-order valence-electron chi connectivity index (χ3n) is 3.41. The van der Waals surface area contributed by atoms with E-state index in [-0.39, 0.29) is 5.91 Å². The number of hydrogen-bond acceptors (Lipinski definition) is 5. The van der Waals surface area contributed by atoms with Crippen LogP contribution in [0.4, 0.5) is 0 Å². The Balaban J connectivity index is 2.01. The second-order valence-electron chi connectivity index (χ2n) is 5.38. The Morgan fingerprint density at radius 2 is 2.37 bits per heavy atom. The number of rotatable bonds is 3. The van der Waals surface area contributed by atoms with Crippen molar-refractivity contribution in [2.45, 2.75) is 31.6 Å². The van der Waals surface area contributed by atoms with E-state index in [1.54, 1.807) is 0 Å². The predicted octanol–water partition coefficient (Wildman–Crippen LogP) is 1.60. The van der Waals surface area contributed by atoms with Crippen molar-refractivity contribution in [3.05, 3.63) is 23.7 Å². The molecule has 0 atom stereocenters. The van der Waals surface area contributed by atoms with Crippen molar-refractivity contribution in [1.29, 1.82) is 0 Å². The van der Waals surface area contributed by atoms with Crippen LogP contribution in [-0.4, -0.2) is 34.4 Å². The lowest BCUT2D eigenvalue weighted by atomic mass is 10.1. The molecule has 1 saturated heterocycles. The highest BCUT2D eigenvalue weighted by molar-refractivity contribution is 8.00. The van der Waals surface area contributed by atoms with Gasteiger partial charge in [0.1, 0.15) is 0 Å². The third kappa shape index (κ3) is 3.75. The monoisotopic (exact) mass is 283 g/mol. The summed E-state index contributed by atoms with van der Waals surface area (Å²) in [6.07, 6.45) is 2.68. The molecular weight excluding hydrogens is 262 g/mol. The van der Waals surface area contributed by atoms with Gasteiger partial charge in [0.15, 0.2) is 5.76 Å². The molecule has 1 fully saturated rings. The first kappa shape index (κ1) is 14.4. The Morgan fingerprint density at radius 1 is 1.58 bits per heavy atom. The molecule has 0 aliphatic carbocycles. The maximum atomic E-state index is 11.6. The lowest BCUT2D eigenvalue weighted by molar-refractivity contribution is 0.0923. The minimum absolute atomic E-state index is 0.318. The fourth-order valence-corrected chi connectivity index (χ4v) is 3.32. The number of nitrogens with two attached hydrogens (primary N) is 1. The molecule has 1 amide bonds. The average molecular weight is 283 g/mol. The number of hydrogen-bond donors (Lipinski definition) is 2. The summed E-state index contributed by atoms with van der Waals surface area (Å²) in [5, 5.41) is 0. The van der Waals surface area contributed by atoms with E-state index in [0.29, 0.717) is 10.5 Å². The number of carbonyl (C=O) groups is 1. The molecule has 6 heteroatoms. The highest BCUT2D eigenvalue weighted by atomic mass is 32.2. The minimum atomic E-state index is -0.371. The van der Waals surface area contributed by atoms with Crippen LogP contribution in [0.15, 0.2) is 16.7 Å².